The summed E-state index contributed by atoms with van der Waals surface area (Å²) >= 11 is 0. The van der Waals surface area contributed by atoms with Crippen molar-refractivity contribution in [1.82, 2.24) is 14.7 Å². The third-order valence-electron chi connectivity index (χ3n) is 4.62. The van der Waals surface area contributed by atoms with E-state index in [-0.39, 0.29) is 5.82 Å². The van der Waals surface area contributed by atoms with Crippen LogP contribution in [0.15, 0.2) is 30.6 Å². The zero-order chi connectivity index (χ0) is 17.1. The number of hydrogen-bond donors (Lipinski definition) is 0. The van der Waals surface area contributed by atoms with E-state index >= 15 is 0 Å². The van der Waals surface area contributed by atoms with Crippen molar-refractivity contribution in [2.24, 2.45) is 13.0 Å². The van der Waals surface area contributed by atoms with Crippen molar-refractivity contribution in [1.29, 1.82) is 5.26 Å². The van der Waals surface area contributed by atoms with Crippen molar-refractivity contribution in [3.63, 3.8) is 0 Å². The number of likely N-dealkylation sites (tertiary alicyclic amines) is 1. The first-order valence-electron chi connectivity index (χ1n) is 7.99. The molecule has 2 aromatic rings. The highest BCUT2D eigenvalue weighted by Crippen LogP contribution is 2.33. The fourth-order valence-electron chi connectivity index (χ4n) is 3.49. The number of aromatic nitrogens is 2. The van der Waals surface area contributed by atoms with Gasteiger partial charge in [0.25, 0.3) is 0 Å². The Morgan fingerprint density at radius 2 is 2.25 bits per heavy atom. The van der Waals surface area contributed by atoms with Crippen molar-refractivity contribution in [2.75, 3.05) is 26.8 Å². The Balaban J connectivity index is 1.77. The number of benzene rings is 1. The summed E-state index contributed by atoms with van der Waals surface area (Å²) in [6.45, 7) is 2.83. The molecule has 24 heavy (non-hydrogen) atoms. The van der Waals surface area contributed by atoms with Crippen molar-refractivity contribution in [2.45, 2.75) is 12.5 Å². The van der Waals surface area contributed by atoms with Crippen LogP contribution in [0.25, 0.3) is 0 Å². The minimum absolute atomic E-state index is 0.262. The number of hydrogen-bond acceptors (Lipinski definition) is 4. The van der Waals surface area contributed by atoms with E-state index in [0.29, 0.717) is 36.1 Å². The van der Waals surface area contributed by atoms with Crippen LogP contribution in [0.1, 0.15) is 22.6 Å². The molecule has 0 spiro atoms. The van der Waals surface area contributed by atoms with Crippen LogP contribution < -0.4 is 0 Å². The van der Waals surface area contributed by atoms with Crippen molar-refractivity contribution >= 4 is 0 Å². The average Bonchev–Trinajstić information content (AvgIpc) is 3.16. The van der Waals surface area contributed by atoms with E-state index in [1.807, 2.05) is 19.4 Å². The molecule has 1 aliphatic rings. The predicted octanol–water partition coefficient (Wildman–Crippen LogP) is 2.29. The summed E-state index contributed by atoms with van der Waals surface area (Å²) in [4.78, 5) is 2.22. The molecule has 0 saturated carbocycles. The molecule has 0 unspecified atom stereocenters. The molecule has 1 aliphatic heterocycles. The molecule has 126 valence electrons. The molecule has 6 heteroatoms. The van der Waals surface area contributed by atoms with Gasteiger partial charge in [-0.3, -0.25) is 9.58 Å². The van der Waals surface area contributed by atoms with E-state index in [0.717, 1.165) is 13.1 Å². The molecule has 2 heterocycles. The van der Waals surface area contributed by atoms with Gasteiger partial charge in [-0.25, -0.2) is 4.39 Å². The first-order chi connectivity index (χ1) is 11.6. The number of aryl methyl sites for hydroxylation is 1. The van der Waals surface area contributed by atoms with Crippen molar-refractivity contribution in [3.05, 3.63) is 53.1 Å². The molecule has 1 saturated heterocycles. The fraction of sp³-hybridized carbons (Fsp3) is 0.444. The first-order valence-corrected chi connectivity index (χ1v) is 7.99. The van der Waals surface area contributed by atoms with Crippen LogP contribution in [0.5, 0.6) is 0 Å². The van der Waals surface area contributed by atoms with Crippen molar-refractivity contribution in [3.8, 4) is 6.07 Å². The lowest BCUT2D eigenvalue weighted by atomic mass is 9.92. The lowest BCUT2D eigenvalue weighted by Crippen LogP contribution is -2.22. The molecular formula is C18H21FN4O. The molecule has 2 atom stereocenters. The number of ether oxygens (including phenoxy) is 1. The van der Waals surface area contributed by atoms with Crippen LogP contribution >= 0.6 is 0 Å². The largest absolute Gasteiger partial charge is 0.384 e. The lowest BCUT2D eigenvalue weighted by Gasteiger charge is -2.16. The Bertz CT molecular complexity index is 752. The van der Waals surface area contributed by atoms with Gasteiger partial charge in [0.05, 0.1) is 24.4 Å². The third kappa shape index (κ3) is 3.48. The van der Waals surface area contributed by atoms with Crippen LogP contribution in [0, 0.1) is 23.1 Å². The number of nitrogens with zero attached hydrogens (tertiary/aromatic N) is 4. The molecule has 3 rings (SSSR count). The molecule has 0 radical (unpaired) electrons. The average molecular weight is 328 g/mol. The van der Waals surface area contributed by atoms with Gasteiger partial charge in [-0.05, 0) is 23.8 Å². The maximum Gasteiger partial charge on any atom is 0.127 e. The Labute approximate surface area is 141 Å². The molecule has 0 bridgehead atoms. The topological polar surface area (TPSA) is 54.1 Å². The summed E-state index contributed by atoms with van der Waals surface area (Å²) in [7, 11) is 3.61. The predicted molar refractivity (Wildman–Crippen MR) is 87.7 cm³/mol. The monoisotopic (exact) mass is 328 g/mol. The number of rotatable bonds is 5. The second-order valence-electron chi connectivity index (χ2n) is 6.38. The molecule has 5 nitrogen and oxygen atoms in total. The number of halogens is 1. The fourth-order valence-corrected chi connectivity index (χ4v) is 3.49. The summed E-state index contributed by atoms with van der Waals surface area (Å²) in [6.07, 6.45) is 3.93. The standard InChI is InChI=1S/C18H21FN4O/c1-22-8-15(7-21-22)17-11-23(10-16(17)12-24-2)9-14-5-13(6-20)3-4-18(14)19/h3-5,7-8,16-17H,9-12H2,1-2H3/t16-,17-/m0/s1. The maximum atomic E-state index is 14.1. The SMILES string of the molecule is COC[C@@H]1CN(Cc2cc(C#N)ccc2F)C[C@H]1c1cnn(C)c1. The van der Waals surface area contributed by atoms with Gasteiger partial charge >= 0.3 is 0 Å². The van der Waals surface area contributed by atoms with E-state index < -0.39 is 0 Å². The van der Waals surface area contributed by atoms with Gasteiger partial charge in [0.1, 0.15) is 5.82 Å². The van der Waals surface area contributed by atoms with E-state index in [1.54, 1.807) is 17.9 Å². The van der Waals surface area contributed by atoms with Gasteiger partial charge in [0.2, 0.25) is 0 Å². The minimum atomic E-state index is -0.262. The van der Waals surface area contributed by atoms with Gasteiger partial charge in [-0.2, -0.15) is 10.4 Å². The molecule has 1 aromatic heterocycles. The van der Waals surface area contributed by atoms with Crippen LogP contribution in [-0.4, -0.2) is 41.5 Å². The molecule has 0 aliphatic carbocycles. The zero-order valence-electron chi connectivity index (χ0n) is 13.9. The van der Waals surface area contributed by atoms with Crippen LogP contribution in [-0.2, 0) is 18.3 Å². The maximum absolute atomic E-state index is 14.1. The Morgan fingerprint density at radius 3 is 2.92 bits per heavy atom. The van der Waals surface area contributed by atoms with E-state index in [1.165, 1.54) is 17.7 Å². The minimum Gasteiger partial charge on any atom is -0.384 e. The highest BCUT2D eigenvalue weighted by atomic mass is 19.1. The summed E-state index contributed by atoms with van der Waals surface area (Å²) in [5.74, 6) is 0.407. The van der Waals surface area contributed by atoms with Crippen LogP contribution in [0.3, 0.4) is 0 Å². The third-order valence-corrected chi connectivity index (χ3v) is 4.62. The molecule has 1 aromatic carbocycles. The normalized spacial score (nSPS) is 21.1. The molecule has 1 fully saturated rings. The second kappa shape index (κ2) is 7.12. The van der Waals surface area contributed by atoms with Gasteiger partial charge in [-0.1, -0.05) is 0 Å². The Kier molecular flexibility index (Phi) is 4.93. The van der Waals surface area contributed by atoms with Crippen LogP contribution in [0.4, 0.5) is 4.39 Å². The van der Waals surface area contributed by atoms with Gasteiger partial charge in [0, 0.05) is 57.4 Å². The number of nitriles is 1. The van der Waals surface area contributed by atoms with Crippen molar-refractivity contribution < 1.29 is 9.13 Å². The van der Waals surface area contributed by atoms with Gasteiger partial charge < -0.3 is 4.74 Å². The smallest absolute Gasteiger partial charge is 0.127 e. The van der Waals surface area contributed by atoms with E-state index in [9.17, 15) is 4.39 Å². The molecule has 0 amide bonds. The quantitative estimate of drug-likeness (QED) is 0.845. The van der Waals surface area contributed by atoms with Gasteiger partial charge in [0.15, 0.2) is 0 Å². The zero-order valence-corrected chi connectivity index (χ0v) is 13.9. The summed E-state index contributed by atoms with van der Waals surface area (Å²) < 4.78 is 21.2. The Hall–Kier alpha value is -2.23. The first kappa shape index (κ1) is 16.6. The molecular weight excluding hydrogens is 307 g/mol. The highest BCUT2D eigenvalue weighted by Gasteiger charge is 2.34. The van der Waals surface area contributed by atoms with E-state index in [4.69, 9.17) is 10.00 Å². The summed E-state index contributed by atoms with van der Waals surface area (Å²) in [5, 5.41) is 13.3. The van der Waals surface area contributed by atoms with E-state index in [2.05, 4.69) is 16.1 Å². The second-order valence-corrected chi connectivity index (χ2v) is 6.38. The summed E-state index contributed by atoms with van der Waals surface area (Å²) in [6, 6.07) is 6.59. The lowest BCUT2D eigenvalue weighted by molar-refractivity contribution is 0.147. The molecule has 0 N–H and O–H groups in total. The summed E-state index contributed by atoms with van der Waals surface area (Å²) in [5.41, 5.74) is 2.24. The highest BCUT2D eigenvalue weighted by molar-refractivity contribution is 5.34. The van der Waals surface area contributed by atoms with Crippen LogP contribution in [0.2, 0.25) is 0 Å². The number of methoxy groups -OCH3 is 1. The van der Waals surface area contributed by atoms with Gasteiger partial charge in [-0.15, -0.1) is 0 Å². The Morgan fingerprint density at radius 1 is 1.42 bits per heavy atom.